The Hall–Kier alpha value is -1.65. The van der Waals surface area contributed by atoms with Gasteiger partial charge in [-0.25, -0.2) is 8.42 Å². The third-order valence-corrected chi connectivity index (χ3v) is 5.56. The van der Waals surface area contributed by atoms with Gasteiger partial charge in [0.2, 0.25) is 10.0 Å². The van der Waals surface area contributed by atoms with E-state index < -0.39 is 10.0 Å². The maximum atomic E-state index is 12.7. The highest BCUT2D eigenvalue weighted by molar-refractivity contribution is 7.89. The summed E-state index contributed by atoms with van der Waals surface area (Å²) >= 11 is 0. The van der Waals surface area contributed by atoms with Crippen LogP contribution in [0.15, 0.2) is 53.4 Å². The molecule has 0 atom stereocenters. The zero-order valence-electron chi connectivity index (χ0n) is 11.4. The lowest BCUT2D eigenvalue weighted by atomic mass is 10.0. The topological polar surface area (TPSA) is 37.4 Å². The molecule has 3 nitrogen and oxygen atoms in total. The van der Waals surface area contributed by atoms with Gasteiger partial charge in [-0.15, -0.1) is 0 Å². The van der Waals surface area contributed by atoms with Crippen molar-refractivity contribution in [1.29, 1.82) is 0 Å². The van der Waals surface area contributed by atoms with Crippen LogP contribution in [-0.2, 0) is 23.0 Å². The lowest BCUT2D eigenvalue weighted by Crippen LogP contribution is -2.35. The summed E-state index contributed by atoms with van der Waals surface area (Å²) in [4.78, 5) is 0.386. The Balaban J connectivity index is 1.94. The lowest BCUT2D eigenvalue weighted by molar-refractivity contribution is 0.391. The Kier molecular flexibility index (Phi) is 3.36. The van der Waals surface area contributed by atoms with Gasteiger partial charge >= 0.3 is 0 Å². The molecule has 2 aromatic rings. The van der Waals surface area contributed by atoms with Gasteiger partial charge in [0.25, 0.3) is 0 Å². The van der Waals surface area contributed by atoms with Crippen LogP contribution in [0.5, 0.6) is 0 Å². The highest BCUT2D eigenvalue weighted by atomic mass is 32.2. The van der Waals surface area contributed by atoms with Crippen LogP contribution in [-0.4, -0.2) is 19.3 Å². The van der Waals surface area contributed by atoms with Crippen molar-refractivity contribution in [2.75, 3.05) is 6.54 Å². The van der Waals surface area contributed by atoms with Crippen LogP contribution in [0.2, 0.25) is 0 Å². The maximum Gasteiger partial charge on any atom is 0.243 e. The van der Waals surface area contributed by atoms with Crippen molar-refractivity contribution in [2.24, 2.45) is 0 Å². The first kappa shape index (κ1) is 13.3. The predicted octanol–water partition coefficient (Wildman–Crippen LogP) is 2.74. The molecule has 0 saturated carbocycles. The van der Waals surface area contributed by atoms with Crippen LogP contribution in [0.4, 0.5) is 0 Å². The quantitative estimate of drug-likeness (QED) is 0.851. The highest BCUT2D eigenvalue weighted by Crippen LogP contribution is 2.25. The van der Waals surface area contributed by atoms with E-state index >= 15 is 0 Å². The fourth-order valence-corrected chi connectivity index (χ4v) is 4.12. The summed E-state index contributed by atoms with van der Waals surface area (Å²) < 4.78 is 26.9. The molecule has 3 rings (SSSR count). The average molecular weight is 287 g/mol. The van der Waals surface area contributed by atoms with Crippen molar-refractivity contribution in [3.8, 4) is 0 Å². The molecule has 104 valence electrons. The van der Waals surface area contributed by atoms with Crippen LogP contribution >= 0.6 is 0 Å². The largest absolute Gasteiger partial charge is 0.243 e. The third-order valence-electron chi connectivity index (χ3n) is 3.72. The van der Waals surface area contributed by atoms with Crippen molar-refractivity contribution in [2.45, 2.75) is 24.8 Å². The van der Waals surface area contributed by atoms with E-state index in [1.807, 2.05) is 31.2 Å². The van der Waals surface area contributed by atoms with Gasteiger partial charge in [0.1, 0.15) is 0 Å². The van der Waals surface area contributed by atoms with Gasteiger partial charge in [0.05, 0.1) is 4.90 Å². The van der Waals surface area contributed by atoms with E-state index in [2.05, 4.69) is 6.07 Å². The SMILES string of the molecule is Cc1cccc(S(=O)(=O)N2CCc3ccccc3C2)c1. The molecule has 0 bridgehead atoms. The van der Waals surface area contributed by atoms with Crippen LogP contribution in [0.25, 0.3) is 0 Å². The number of rotatable bonds is 2. The van der Waals surface area contributed by atoms with Crippen molar-refractivity contribution in [3.63, 3.8) is 0 Å². The number of benzene rings is 2. The summed E-state index contributed by atoms with van der Waals surface area (Å²) in [5.41, 5.74) is 3.32. The molecule has 1 heterocycles. The Morgan fingerprint density at radius 3 is 2.50 bits per heavy atom. The van der Waals surface area contributed by atoms with Gasteiger partial charge in [-0.2, -0.15) is 4.31 Å². The first-order valence-corrected chi connectivity index (χ1v) is 8.15. The molecule has 0 amide bonds. The monoisotopic (exact) mass is 287 g/mol. The van der Waals surface area contributed by atoms with Gasteiger partial charge < -0.3 is 0 Å². The van der Waals surface area contributed by atoms with Gasteiger partial charge in [-0.05, 0) is 42.2 Å². The molecule has 0 saturated heterocycles. The van der Waals surface area contributed by atoms with Gasteiger partial charge in [-0.3, -0.25) is 0 Å². The van der Waals surface area contributed by atoms with Crippen LogP contribution in [0.3, 0.4) is 0 Å². The number of nitrogens with zero attached hydrogens (tertiary/aromatic N) is 1. The van der Waals surface area contributed by atoms with Crippen molar-refractivity contribution in [1.82, 2.24) is 4.31 Å². The molecule has 4 heteroatoms. The summed E-state index contributed by atoms with van der Waals surface area (Å²) in [6, 6.07) is 15.1. The van der Waals surface area contributed by atoms with E-state index in [1.165, 1.54) is 5.56 Å². The van der Waals surface area contributed by atoms with Crippen molar-refractivity contribution in [3.05, 3.63) is 65.2 Å². The Bertz CT molecular complexity index is 738. The molecule has 1 aliphatic rings. The summed E-state index contributed by atoms with van der Waals surface area (Å²) in [6.07, 6.45) is 0.779. The molecular formula is C16H17NO2S. The third kappa shape index (κ3) is 2.37. The molecule has 20 heavy (non-hydrogen) atoms. The molecule has 0 aliphatic carbocycles. The minimum absolute atomic E-state index is 0.386. The standard InChI is InChI=1S/C16H17NO2S/c1-13-5-4-8-16(11-13)20(18,19)17-10-9-14-6-2-3-7-15(14)12-17/h2-8,11H,9-10,12H2,1H3. The highest BCUT2D eigenvalue weighted by Gasteiger charge is 2.27. The van der Waals surface area contributed by atoms with E-state index in [9.17, 15) is 8.42 Å². The number of sulfonamides is 1. The number of hydrogen-bond acceptors (Lipinski definition) is 2. The number of aryl methyl sites for hydroxylation is 1. The lowest BCUT2D eigenvalue weighted by Gasteiger charge is -2.28. The van der Waals surface area contributed by atoms with Crippen molar-refractivity contribution >= 4 is 10.0 Å². The van der Waals surface area contributed by atoms with E-state index in [1.54, 1.807) is 22.5 Å². The Labute approximate surface area is 119 Å². The van der Waals surface area contributed by atoms with E-state index in [4.69, 9.17) is 0 Å². The smallest absolute Gasteiger partial charge is 0.207 e. The van der Waals surface area contributed by atoms with Gasteiger partial charge in [-0.1, -0.05) is 36.4 Å². The fourth-order valence-electron chi connectivity index (χ4n) is 2.60. The van der Waals surface area contributed by atoms with Crippen LogP contribution in [0.1, 0.15) is 16.7 Å². The number of hydrogen-bond donors (Lipinski definition) is 0. The minimum Gasteiger partial charge on any atom is -0.207 e. The molecule has 0 spiro atoms. The average Bonchev–Trinajstić information content (AvgIpc) is 2.46. The van der Waals surface area contributed by atoms with Crippen molar-refractivity contribution < 1.29 is 8.42 Å². The van der Waals surface area contributed by atoms with Gasteiger partial charge in [0, 0.05) is 13.1 Å². The summed E-state index contributed by atoms with van der Waals surface area (Å²) in [7, 11) is -3.39. The summed E-state index contributed by atoms with van der Waals surface area (Å²) in [5, 5.41) is 0. The molecule has 0 radical (unpaired) electrons. The number of fused-ring (bicyclic) bond motifs is 1. The fraction of sp³-hybridized carbons (Fsp3) is 0.250. The first-order valence-electron chi connectivity index (χ1n) is 6.71. The normalized spacial score (nSPS) is 15.8. The molecule has 1 aliphatic heterocycles. The summed E-state index contributed by atoms with van der Waals surface area (Å²) in [5.74, 6) is 0. The second-order valence-corrected chi connectivity index (χ2v) is 7.11. The summed E-state index contributed by atoms with van der Waals surface area (Å²) in [6.45, 7) is 2.92. The zero-order chi connectivity index (χ0) is 14.2. The molecule has 0 unspecified atom stereocenters. The Morgan fingerprint density at radius 1 is 1.00 bits per heavy atom. The maximum absolute atomic E-state index is 12.7. The first-order chi connectivity index (χ1) is 9.57. The Morgan fingerprint density at radius 2 is 1.75 bits per heavy atom. The second-order valence-electron chi connectivity index (χ2n) is 5.17. The second kappa shape index (κ2) is 5.04. The minimum atomic E-state index is -3.39. The predicted molar refractivity (Wildman–Crippen MR) is 78.9 cm³/mol. The zero-order valence-corrected chi connectivity index (χ0v) is 12.2. The molecule has 0 N–H and O–H groups in total. The van der Waals surface area contributed by atoms with Crippen LogP contribution < -0.4 is 0 Å². The molecular weight excluding hydrogens is 270 g/mol. The van der Waals surface area contributed by atoms with E-state index in [-0.39, 0.29) is 0 Å². The van der Waals surface area contributed by atoms with Gasteiger partial charge in [0.15, 0.2) is 0 Å². The van der Waals surface area contributed by atoms with E-state index in [0.29, 0.717) is 18.0 Å². The van der Waals surface area contributed by atoms with Crippen LogP contribution in [0, 0.1) is 6.92 Å². The van der Waals surface area contributed by atoms with E-state index in [0.717, 1.165) is 17.5 Å². The molecule has 0 aromatic heterocycles. The molecule has 0 fully saturated rings. The molecule has 2 aromatic carbocycles.